The fraction of sp³-hybridized carbons (Fsp3) is 0.333. The van der Waals surface area contributed by atoms with E-state index < -0.39 is 35.7 Å². The van der Waals surface area contributed by atoms with E-state index in [2.05, 4.69) is 15.6 Å². The SMILES string of the molecule is COC(=O)[C@H](Cc1ccccc1)NC(=O)c1csc([C@@H](Cc2ccccc2)NC(=O)OC(C)(C)C)n1. The van der Waals surface area contributed by atoms with Crippen molar-refractivity contribution >= 4 is 29.3 Å². The van der Waals surface area contributed by atoms with Gasteiger partial charge in [0.25, 0.3) is 5.91 Å². The van der Waals surface area contributed by atoms with Crippen LogP contribution in [0, 0.1) is 0 Å². The Labute approximate surface area is 215 Å². The standard InChI is InChI=1S/C27H31N3O5S/c1-27(2,3)35-26(33)30-20(15-18-11-7-5-8-12-18)24-29-22(17-36-24)23(31)28-21(25(32)34-4)16-19-13-9-6-10-14-19/h5-14,17,20-21H,15-16H2,1-4H3,(H,28,31)(H,30,33)/t20-,21+/m1/s1. The zero-order valence-electron chi connectivity index (χ0n) is 20.8. The van der Waals surface area contributed by atoms with Crippen molar-refractivity contribution < 1.29 is 23.9 Å². The maximum absolute atomic E-state index is 13.0. The minimum absolute atomic E-state index is 0.154. The van der Waals surface area contributed by atoms with Gasteiger partial charge in [-0.05, 0) is 38.3 Å². The molecule has 0 aliphatic rings. The van der Waals surface area contributed by atoms with Crippen LogP contribution in [0.25, 0.3) is 0 Å². The minimum atomic E-state index is -0.866. The second-order valence-corrected chi connectivity index (χ2v) is 10.1. The summed E-state index contributed by atoms with van der Waals surface area (Å²) in [4.78, 5) is 42.3. The molecule has 9 heteroatoms. The quantitative estimate of drug-likeness (QED) is 0.413. The van der Waals surface area contributed by atoms with Crippen molar-refractivity contribution in [2.75, 3.05) is 7.11 Å². The largest absolute Gasteiger partial charge is 0.467 e. The molecular formula is C27H31N3O5S. The molecule has 2 atom stereocenters. The van der Waals surface area contributed by atoms with Gasteiger partial charge in [0.1, 0.15) is 22.3 Å². The van der Waals surface area contributed by atoms with Gasteiger partial charge in [-0.1, -0.05) is 60.7 Å². The van der Waals surface area contributed by atoms with Crippen LogP contribution in [-0.2, 0) is 27.1 Å². The van der Waals surface area contributed by atoms with Gasteiger partial charge in [-0.15, -0.1) is 11.3 Å². The number of ether oxygens (including phenoxy) is 2. The van der Waals surface area contributed by atoms with Crippen LogP contribution in [-0.4, -0.2) is 41.7 Å². The number of methoxy groups -OCH3 is 1. The molecule has 2 aromatic carbocycles. The van der Waals surface area contributed by atoms with E-state index in [0.29, 0.717) is 11.4 Å². The molecule has 1 aromatic heterocycles. The molecule has 0 fully saturated rings. The van der Waals surface area contributed by atoms with E-state index in [9.17, 15) is 14.4 Å². The Kier molecular flexibility index (Phi) is 9.19. The molecule has 8 nitrogen and oxygen atoms in total. The number of esters is 1. The Bertz CT molecular complexity index is 1160. The number of benzene rings is 2. The van der Waals surface area contributed by atoms with Crippen LogP contribution >= 0.6 is 11.3 Å². The number of thiazole rings is 1. The zero-order chi connectivity index (χ0) is 26.1. The van der Waals surface area contributed by atoms with E-state index in [4.69, 9.17) is 9.47 Å². The highest BCUT2D eigenvalue weighted by Crippen LogP contribution is 2.23. The first-order valence-electron chi connectivity index (χ1n) is 11.6. The Morgan fingerprint density at radius 1 is 0.917 bits per heavy atom. The highest BCUT2D eigenvalue weighted by Gasteiger charge is 2.26. The summed E-state index contributed by atoms with van der Waals surface area (Å²) in [6.45, 7) is 5.37. The molecule has 0 saturated heterocycles. The molecule has 0 aliphatic carbocycles. The summed E-state index contributed by atoms with van der Waals surface area (Å²) in [7, 11) is 1.28. The zero-order valence-corrected chi connectivity index (χ0v) is 21.6. The molecule has 0 bridgehead atoms. The molecule has 2 N–H and O–H groups in total. The molecule has 0 aliphatic heterocycles. The molecule has 36 heavy (non-hydrogen) atoms. The van der Waals surface area contributed by atoms with Crippen molar-refractivity contribution in [2.45, 2.75) is 51.3 Å². The maximum atomic E-state index is 13.0. The van der Waals surface area contributed by atoms with Crippen LogP contribution in [0.1, 0.15) is 53.4 Å². The van der Waals surface area contributed by atoms with Crippen LogP contribution < -0.4 is 10.6 Å². The van der Waals surface area contributed by atoms with Gasteiger partial charge in [0, 0.05) is 11.8 Å². The lowest BCUT2D eigenvalue weighted by Crippen LogP contribution is -2.43. The number of carbonyl (C=O) groups is 3. The van der Waals surface area contributed by atoms with Gasteiger partial charge in [-0.25, -0.2) is 14.6 Å². The molecule has 2 amide bonds. The third kappa shape index (κ3) is 8.20. The average Bonchev–Trinajstić information content (AvgIpc) is 3.33. The number of aromatic nitrogens is 1. The smallest absolute Gasteiger partial charge is 0.408 e. The first-order chi connectivity index (χ1) is 17.1. The first-order valence-corrected chi connectivity index (χ1v) is 12.4. The number of nitrogens with zero attached hydrogens (tertiary/aromatic N) is 1. The minimum Gasteiger partial charge on any atom is -0.467 e. The molecule has 0 saturated carbocycles. The predicted molar refractivity (Wildman–Crippen MR) is 138 cm³/mol. The number of amides is 2. The lowest BCUT2D eigenvalue weighted by Gasteiger charge is -2.23. The van der Waals surface area contributed by atoms with Crippen LogP contribution in [0.2, 0.25) is 0 Å². The summed E-state index contributed by atoms with van der Waals surface area (Å²) in [6.07, 6.45) is 0.179. The van der Waals surface area contributed by atoms with Gasteiger partial charge < -0.3 is 20.1 Å². The van der Waals surface area contributed by atoms with E-state index in [1.54, 1.807) is 26.2 Å². The maximum Gasteiger partial charge on any atom is 0.408 e. The van der Waals surface area contributed by atoms with E-state index in [-0.39, 0.29) is 12.1 Å². The third-order valence-electron chi connectivity index (χ3n) is 5.10. The highest BCUT2D eigenvalue weighted by molar-refractivity contribution is 7.09. The van der Waals surface area contributed by atoms with Crippen LogP contribution in [0.4, 0.5) is 4.79 Å². The molecule has 0 unspecified atom stereocenters. The van der Waals surface area contributed by atoms with Crippen LogP contribution in [0.5, 0.6) is 0 Å². The van der Waals surface area contributed by atoms with E-state index >= 15 is 0 Å². The van der Waals surface area contributed by atoms with Crippen molar-refractivity contribution in [1.29, 1.82) is 0 Å². The summed E-state index contributed by atoms with van der Waals surface area (Å²) < 4.78 is 10.3. The summed E-state index contributed by atoms with van der Waals surface area (Å²) in [6, 6.07) is 17.6. The van der Waals surface area contributed by atoms with E-state index in [0.717, 1.165) is 11.1 Å². The Balaban J connectivity index is 1.77. The molecule has 3 rings (SSSR count). The topological polar surface area (TPSA) is 107 Å². The van der Waals surface area contributed by atoms with Gasteiger partial charge in [0.2, 0.25) is 0 Å². The van der Waals surface area contributed by atoms with Crippen molar-refractivity contribution in [3.63, 3.8) is 0 Å². The summed E-state index contributed by atoms with van der Waals surface area (Å²) in [5, 5.41) is 7.75. The number of alkyl carbamates (subject to hydrolysis) is 1. The molecule has 1 heterocycles. The first kappa shape index (κ1) is 26.9. The van der Waals surface area contributed by atoms with Crippen molar-refractivity contribution in [1.82, 2.24) is 15.6 Å². The molecule has 0 radical (unpaired) electrons. The number of carbonyl (C=O) groups excluding carboxylic acids is 3. The average molecular weight is 510 g/mol. The van der Waals surface area contributed by atoms with Crippen molar-refractivity contribution in [3.8, 4) is 0 Å². The number of rotatable bonds is 9. The highest BCUT2D eigenvalue weighted by atomic mass is 32.1. The Hall–Kier alpha value is -3.72. The lowest BCUT2D eigenvalue weighted by atomic mass is 10.1. The normalized spacial score (nSPS) is 12.8. The monoisotopic (exact) mass is 509 g/mol. The summed E-state index contributed by atoms with van der Waals surface area (Å²) in [5.41, 5.74) is 1.38. The molecule has 190 valence electrons. The Morgan fingerprint density at radius 3 is 2.06 bits per heavy atom. The van der Waals surface area contributed by atoms with Gasteiger partial charge in [0.15, 0.2) is 0 Å². The van der Waals surface area contributed by atoms with Crippen LogP contribution in [0.3, 0.4) is 0 Å². The second kappa shape index (κ2) is 12.3. The van der Waals surface area contributed by atoms with Gasteiger partial charge in [0.05, 0.1) is 13.2 Å². The molecular weight excluding hydrogens is 478 g/mol. The predicted octanol–water partition coefficient (Wildman–Crippen LogP) is 4.47. The molecule has 0 spiro atoms. The summed E-state index contributed by atoms with van der Waals surface area (Å²) >= 11 is 1.25. The van der Waals surface area contributed by atoms with Gasteiger partial charge >= 0.3 is 12.1 Å². The van der Waals surface area contributed by atoms with Gasteiger partial charge in [-0.2, -0.15) is 0 Å². The fourth-order valence-electron chi connectivity index (χ4n) is 3.47. The fourth-order valence-corrected chi connectivity index (χ4v) is 4.32. The Morgan fingerprint density at radius 2 is 1.50 bits per heavy atom. The number of hydrogen-bond donors (Lipinski definition) is 2. The van der Waals surface area contributed by atoms with Gasteiger partial charge in [-0.3, -0.25) is 4.79 Å². The molecule has 3 aromatic rings. The van der Waals surface area contributed by atoms with Crippen LogP contribution in [0.15, 0.2) is 66.0 Å². The lowest BCUT2D eigenvalue weighted by molar-refractivity contribution is -0.142. The number of nitrogens with one attached hydrogen (secondary N) is 2. The number of hydrogen-bond acceptors (Lipinski definition) is 7. The summed E-state index contributed by atoms with van der Waals surface area (Å²) in [5.74, 6) is -1.05. The second-order valence-electron chi connectivity index (χ2n) is 9.20. The van der Waals surface area contributed by atoms with Crippen molar-refractivity contribution in [3.05, 3.63) is 87.9 Å². The third-order valence-corrected chi connectivity index (χ3v) is 6.06. The van der Waals surface area contributed by atoms with E-state index in [1.807, 2.05) is 60.7 Å². The van der Waals surface area contributed by atoms with E-state index in [1.165, 1.54) is 18.4 Å². The van der Waals surface area contributed by atoms with Crippen molar-refractivity contribution in [2.24, 2.45) is 0 Å².